The predicted octanol–water partition coefficient (Wildman–Crippen LogP) is 2.23. The molecule has 1 N–H and O–H groups in total. The van der Waals surface area contributed by atoms with E-state index in [0.29, 0.717) is 36.7 Å². The number of nitrogens with zero attached hydrogens (tertiary/aromatic N) is 1. The van der Waals surface area contributed by atoms with Crippen LogP contribution in [0.5, 0.6) is 11.5 Å². The second kappa shape index (κ2) is 8.04. The third kappa shape index (κ3) is 4.46. The number of rotatable bonds is 7. The van der Waals surface area contributed by atoms with Crippen molar-refractivity contribution in [2.45, 2.75) is 19.8 Å². The van der Waals surface area contributed by atoms with E-state index in [4.69, 9.17) is 14.7 Å². The Balaban J connectivity index is 2.64. The smallest absolute Gasteiger partial charge is 0.305 e. The molecule has 0 aliphatic heterocycles. The van der Waals surface area contributed by atoms with Crippen LogP contribution in [0.1, 0.15) is 25.3 Å². The highest BCUT2D eigenvalue weighted by atomic mass is 16.5. The summed E-state index contributed by atoms with van der Waals surface area (Å²) in [6.07, 6.45) is 0.877. The maximum absolute atomic E-state index is 11.0. The Kier molecular flexibility index (Phi) is 6.36. The summed E-state index contributed by atoms with van der Waals surface area (Å²) in [6, 6.07) is 5.24. The van der Waals surface area contributed by atoms with Crippen LogP contribution in [0.2, 0.25) is 0 Å². The lowest BCUT2D eigenvalue weighted by Crippen LogP contribution is -2.05. The molecule has 0 heterocycles. The van der Waals surface area contributed by atoms with Gasteiger partial charge in [-0.1, -0.05) is 5.16 Å². The van der Waals surface area contributed by atoms with Crippen molar-refractivity contribution in [3.63, 3.8) is 0 Å². The number of oxime groups is 1. The molecule has 0 bridgehead atoms. The van der Waals surface area contributed by atoms with Crippen molar-refractivity contribution >= 4 is 11.7 Å². The average molecular weight is 281 g/mol. The van der Waals surface area contributed by atoms with Gasteiger partial charge in [-0.05, 0) is 31.5 Å². The molecule has 0 atom stereocenters. The van der Waals surface area contributed by atoms with Crippen LogP contribution >= 0.6 is 0 Å². The van der Waals surface area contributed by atoms with Crippen LogP contribution in [-0.4, -0.2) is 37.7 Å². The maximum atomic E-state index is 11.0. The van der Waals surface area contributed by atoms with Crippen molar-refractivity contribution in [3.8, 4) is 11.5 Å². The Morgan fingerprint density at radius 2 is 2.05 bits per heavy atom. The quantitative estimate of drug-likeness (QED) is 0.272. The molecular formula is C14H19NO5. The van der Waals surface area contributed by atoms with Gasteiger partial charge in [-0.15, -0.1) is 0 Å². The number of carbonyl (C=O) groups is 1. The van der Waals surface area contributed by atoms with Gasteiger partial charge in [0, 0.05) is 12.0 Å². The molecule has 0 fully saturated rings. The van der Waals surface area contributed by atoms with E-state index in [1.807, 2.05) is 0 Å². The molecule has 0 saturated heterocycles. The van der Waals surface area contributed by atoms with E-state index in [1.165, 1.54) is 14.2 Å². The molecular weight excluding hydrogens is 262 g/mol. The molecule has 0 radical (unpaired) electrons. The summed E-state index contributed by atoms with van der Waals surface area (Å²) in [5, 5.41) is 11.9. The molecule has 1 aromatic carbocycles. The van der Waals surface area contributed by atoms with Crippen LogP contribution in [0.15, 0.2) is 23.4 Å². The fourth-order valence-electron chi connectivity index (χ4n) is 1.57. The topological polar surface area (TPSA) is 77.4 Å². The lowest BCUT2D eigenvalue weighted by Gasteiger charge is -2.11. The summed E-state index contributed by atoms with van der Waals surface area (Å²) in [4.78, 5) is 11.0. The second-order valence-electron chi connectivity index (χ2n) is 4.08. The second-order valence-corrected chi connectivity index (χ2v) is 4.08. The third-order valence-corrected chi connectivity index (χ3v) is 2.74. The largest absolute Gasteiger partial charge is 0.493 e. The third-order valence-electron chi connectivity index (χ3n) is 2.74. The molecule has 0 spiro atoms. The van der Waals surface area contributed by atoms with Gasteiger partial charge in [0.05, 0.1) is 26.5 Å². The normalized spacial score (nSPS) is 11.1. The van der Waals surface area contributed by atoms with Crippen molar-refractivity contribution in [1.29, 1.82) is 0 Å². The molecule has 1 aromatic rings. The zero-order valence-electron chi connectivity index (χ0n) is 11.9. The summed E-state index contributed by atoms with van der Waals surface area (Å²) in [5.41, 5.74) is 1.23. The number of hydrogen-bond acceptors (Lipinski definition) is 6. The lowest BCUT2D eigenvalue weighted by molar-refractivity contribution is -0.140. The van der Waals surface area contributed by atoms with Gasteiger partial charge >= 0.3 is 5.97 Å². The zero-order chi connectivity index (χ0) is 15.0. The fraction of sp³-hybridized carbons (Fsp3) is 0.429. The maximum Gasteiger partial charge on any atom is 0.305 e. The molecule has 20 heavy (non-hydrogen) atoms. The van der Waals surface area contributed by atoms with Gasteiger partial charge in [0.15, 0.2) is 11.5 Å². The Hall–Kier alpha value is -2.24. The van der Waals surface area contributed by atoms with Crippen molar-refractivity contribution in [3.05, 3.63) is 23.8 Å². The molecule has 110 valence electrons. The highest BCUT2D eigenvalue weighted by Crippen LogP contribution is 2.28. The number of ether oxygens (including phenoxy) is 3. The van der Waals surface area contributed by atoms with Crippen LogP contribution in [-0.2, 0) is 9.53 Å². The van der Waals surface area contributed by atoms with Crippen LogP contribution in [0, 0.1) is 0 Å². The molecule has 0 aliphatic carbocycles. The molecule has 0 aromatic heterocycles. The lowest BCUT2D eigenvalue weighted by atomic mass is 10.1. The van der Waals surface area contributed by atoms with Crippen LogP contribution < -0.4 is 9.47 Å². The van der Waals surface area contributed by atoms with Crippen molar-refractivity contribution in [2.75, 3.05) is 20.8 Å². The Labute approximate surface area is 117 Å². The van der Waals surface area contributed by atoms with E-state index in [0.717, 1.165) is 5.56 Å². The van der Waals surface area contributed by atoms with E-state index in [2.05, 4.69) is 9.89 Å². The summed E-state index contributed by atoms with van der Waals surface area (Å²) in [7, 11) is 2.89. The minimum atomic E-state index is -0.259. The zero-order valence-corrected chi connectivity index (χ0v) is 11.9. The molecule has 1 rings (SSSR count). The van der Waals surface area contributed by atoms with Gasteiger partial charge in [0.25, 0.3) is 0 Å². The number of hydrogen-bond donors (Lipinski definition) is 1. The van der Waals surface area contributed by atoms with Gasteiger partial charge in [0.1, 0.15) is 0 Å². The first-order valence-corrected chi connectivity index (χ1v) is 6.19. The van der Waals surface area contributed by atoms with Gasteiger partial charge in [-0.25, -0.2) is 0 Å². The summed E-state index contributed by atoms with van der Waals surface area (Å²) in [5.74, 6) is 0.862. The fourth-order valence-corrected chi connectivity index (χ4v) is 1.57. The van der Waals surface area contributed by atoms with Gasteiger partial charge < -0.3 is 19.4 Å². The minimum absolute atomic E-state index is 0.259. The SMILES string of the molecule is COC(=O)CCCOc1ccc(/C(C)=N\O)cc1OC. The van der Waals surface area contributed by atoms with Crippen molar-refractivity contribution in [1.82, 2.24) is 0 Å². The highest BCUT2D eigenvalue weighted by molar-refractivity contribution is 5.98. The van der Waals surface area contributed by atoms with Crippen LogP contribution in [0.3, 0.4) is 0 Å². The van der Waals surface area contributed by atoms with Crippen LogP contribution in [0.4, 0.5) is 0 Å². The van der Waals surface area contributed by atoms with Gasteiger partial charge in [-0.2, -0.15) is 0 Å². The molecule has 6 heteroatoms. The van der Waals surface area contributed by atoms with E-state index >= 15 is 0 Å². The Morgan fingerprint density at radius 1 is 1.30 bits per heavy atom. The van der Waals surface area contributed by atoms with Crippen molar-refractivity contribution in [2.24, 2.45) is 5.16 Å². The van der Waals surface area contributed by atoms with E-state index in [9.17, 15) is 4.79 Å². The number of benzene rings is 1. The highest BCUT2D eigenvalue weighted by Gasteiger charge is 2.08. The molecule has 0 amide bonds. The van der Waals surface area contributed by atoms with E-state index in [1.54, 1.807) is 25.1 Å². The summed E-state index contributed by atoms with van der Waals surface area (Å²) < 4.78 is 15.3. The summed E-state index contributed by atoms with van der Waals surface area (Å²) >= 11 is 0. The van der Waals surface area contributed by atoms with Gasteiger partial charge in [0.2, 0.25) is 0 Å². The first kappa shape index (κ1) is 15.8. The molecule has 6 nitrogen and oxygen atoms in total. The standard InChI is InChI=1S/C14H19NO5/c1-10(15-17)11-6-7-12(13(9-11)18-2)20-8-4-5-14(16)19-3/h6-7,9,17H,4-5,8H2,1-3H3/b15-10-. The number of carbonyl (C=O) groups excluding carboxylic acids is 1. The molecule has 0 saturated carbocycles. The monoisotopic (exact) mass is 281 g/mol. The Morgan fingerprint density at radius 3 is 2.65 bits per heavy atom. The van der Waals surface area contributed by atoms with Crippen LogP contribution in [0.25, 0.3) is 0 Å². The van der Waals surface area contributed by atoms with E-state index in [-0.39, 0.29) is 5.97 Å². The van der Waals surface area contributed by atoms with Crippen molar-refractivity contribution < 1.29 is 24.2 Å². The average Bonchev–Trinajstić information content (AvgIpc) is 2.50. The predicted molar refractivity (Wildman–Crippen MR) is 73.7 cm³/mol. The Bertz CT molecular complexity index is 484. The van der Waals surface area contributed by atoms with E-state index < -0.39 is 0 Å². The molecule has 0 aliphatic rings. The summed E-state index contributed by atoms with van der Waals surface area (Å²) in [6.45, 7) is 2.07. The molecule has 0 unspecified atom stereocenters. The van der Waals surface area contributed by atoms with Gasteiger partial charge in [-0.3, -0.25) is 4.79 Å². The minimum Gasteiger partial charge on any atom is -0.493 e. The first-order chi connectivity index (χ1) is 9.62. The number of methoxy groups -OCH3 is 2. The number of esters is 1. The first-order valence-electron chi connectivity index (χ1n) is 6.19.